The molecule has 0 saturated heterocycles. The summed E-state index contributed by atoms with van der Waals surface area (Å²) >= 11 is 0. The van der Waals surface area contributed by atoms with E-state index in [0.29, 0.717) is 12.1 Å². The first-order valence-corrected chi connectivity index (χ1v) is 8.01. The number of rotatable bonds is 7. The number of nitrogens with one attached hydrogen (secondary N) is 1. The lowest BCUT2D eigenvalue weighted by Gasteiger charge is -2.05. The van der Waals surface area contributed by atoms with Crippen LogP contribution < -0.4 is 0 Å². The molecule has 0 aliphatic heterocycles. The Labute approximate surface area is 139 Å². The lowest BCUT2D eigenvalue weighted by Crippen LogP contribution is -2.12. The maximum atomic E-state index is 12.7. The number of hydrogen-bond donors (Lipinski definition) is 2. The van der Waals surface area contributed by atoms with Crippen molar-refractivity contribution in [1.29, 1.82) is 0 Å². The number of aryl methyl sites for hydroxylation is 1. The zero-order valence-corrected chi connectivity index (χ0v) is 13.2. The van der Waals surface area contributed by atoms with Crippen LogP contribution in [-0.2, 0) is 11.2 Å². The van der Waals surface area contributed by atoms with Gasteiger partial charge in [-0.15, -0.1) is 0 Å². The Kier molecular flexibility index (Phi) is 4.74. The Balaban J connectivity index is 1.83. The fraction of sp³-hybridized carbons (Fsp3) is 0.278. The number of carboxylic acids is 1. The first kappa shape index (κ1) is 16.0. The van der Waals surface area contributed by atoms with Crippen LogP contribution in [0, 0.1) is 0 Å². The number of benzene rings is 1. The van der Waals surface area contributed by atoms with Gasteiger partial charge in [0.1, 0.15) is 12.0 Å². The number of unbranched alkanes of at least 4 members (excludes halogenated alkanes) is 2. The third-order valence-corrected chi connectivity index (χ3v) is 4.08. The summed E-state index contributed by atoms with van der Waals surface area (Å²) in [6.45, 7) is 0. The van der Waals surface area contributed by atoms with Gasteiger partial charge >= 0.3 is 5.97 Å². The minimum atomic E-state index is -0.766. The van der Waals surface area contributed by atoms with Gasteiger partial charge in [0.2, 0.25) is 0 Å². The highest BCUT2D eigenvalue weighted by molar-refractivity contribution is 6.02. The summed E-state index contributed by atoms with van der Waals surface area (Å²) in [7, 11) is 0. The van der Waals surface area contributed by atoms with E-state index in [1.807, 2.05) is 24.3 Å². The van der Waals surface area contributed by atoms with Crippen molar-refractivity contribution in [2.45, 2.75) is 32.1 Å². The second-order valence-corrected chi connectivity index (χ2v) is 5.75. The van der Waals surface area contributed by atoms with Crippen LogP contribution in [-0.4, -0.2) is 31.5 Å². The van der Waals surface area contributed by atoms with E-state index in [9.17, 15) is 9.59 Å². The molecule has 0 aliphatic rings. The standard InChI is InChI=1S/C18H19N3O3/c22-16(23)9-3-1-2-7-14-13-6-4-5-8-15(13)20-17(14)18(24)21-11-10-19-12-21/h4-6,8,10-12,20H,1-3,7,9H2,(H,22,23). The normalized spacial score (nSPS) is 11.0. The largest absolute Gasteiger partial charge is 0.481 e. The highest BCUT2D eigenvalue weighted by atomic mass is 16.4. The third-order valence-electron chi connectivity index (χ3n) is 4.08. The molecule has 0 atom stereocenters. The number of carbonyl (C=O) groups is 2. The topological polar surface area (TPSA) is 88.0 Å². The number of fused-ring (bicyclic) bond motifs is 1. The van der Waals surface area contributed by atoms with Crippen molar-refractivity contribution in [2.24, 2.45) is 0 Å². The van der Waals surface area contributed by atoms with E-state index >= 15 is 0 Å². The summed E-state index contributed by atoms with van der Waals surface area (Å²) in [5.74, 6) is -0.901. The van der Waals surface area contributed by atoms with Gasteiger partial charge in [0, 0.05) is 29.7 Å². The van der Waals surface area contributed by atoms with Crippen molar-refractivity contribution in [3.05, 3.63) is 54.2 Å². The average Bonchev–Trinajstić information content (AvgIpc) is 3.22. The maximum absolute atomic E-state index is 12.7. The minimum absolute atomic E-state index is 0.135. The van der Waals surface area contributed by atoms with Crippen molar-refractivity contribution in [1.82, 2.24) is 14.5 Å². The molecule has 0 bridgehead atoms. The van der Waals surface area contributed by atoms with Gasteiger partial charge < -0.3 is 10.1 Å². The van der Waals surface area contributed by atoms with E-state index in [4.69, 9.17) is 5.11 Å². The van der Waals surface area contributed by atoms with Crippen molar-refractivity contribution in [3.8, 4) is 0 Å². The van der Waals surface area contributed by atoms with Crippen LogP contribution >= 0.6 is 0 Å². The molecule has 1 aromatic carbocycles. The number of nitrogens with zero attached hydrogens (tertiary/aromatic N) is 2. The van der Waals surface area contributed by atoms with Crippen molar-refractivity contribution < 1.29 is 14.7 Å². The number of aliphatic carboxylic acids is 1. The van der Waals surface area contributed by atoms with E-state index < -0.39 is 5.97 Å². The van der Waals surface area contributed by atoms with Crippen LogP contribution in [0.1, 0.15) is 41.7 Å². The van der Waals surface area contributed by atoms with Crippen LogP contribution in [0.3, 0.4) is 0 Å². The van der Waals surface area contributed by atoms with Gasteiger partial charge in [0.15, 0.2) is 0 Å². The monoisotopic (exact) mass is 325 g/mol. The highest BCUT2D eigenvalue weighted by Gasteiger charge is 2.18. The van der Waals surface area contributed by atoms with Crippen LogP contribution in [0.2, 0.25) is 0 Å². The summed E-state index contributed by atoms with van der Waals surface area (Å²) in [6.07, 6.45) is 7.95. The first-order chi connectivity index (χ1) is 11.7. The zero-order valence-electron chi connectivity index (χ0n) is 13.2. The van der Waals surface area contributed by atoms with Gasteiger partial charge in [-0.3, -0.25) is 14.2 Å². The second kappa shape index (κ2) is 7.12. The number of aromatic nitrogens is 3. The number of carboxylic acid groups (broad SMARTS) is 1. The molecule has 2 N–H and O–H groups in total. The van der Waals surface area contributed by atoms with E-state index in [1.165, 1.54) is 10.9 Å². The molecule has 3 rings (SSSR count). The molecule has 2 heterocycles. The Morgan fingerprint density at radius 1 is 1.17 bits per heavy atom. The lowest BCUT2D eigenvalue weighted by atomic mass is 10.0. The summed E-state index contributed by atoms with van der Waals surface area (Å²) < 4.78 is 1.46. The van der Waals surface area contributed by atoms with E-state index in [1.54, 1.807) is 12.4 Å². The predicted octanol–water partition coefficient (Wildman–Crippen LogP) is 3.24. The number of carbonyl (C=O) groups excluding carboxylic acids is 1. The number of H-pyrrole nitrogens is 1. The first-order valence-electron chi connectivity index (χ1n) is 8.01. The molecular formula is C18H19N3O3. The van der Waals surface area contributed by atoms with Gasteiger partial charge in [0.05, 0.1) is 0 Å². The molecule has 0 fully saturated rings. The number of hydrogen-bond acceptors (Lipinski definition) is 3. The number of imidazole rings is 1. The molecule has 0 saturated carbocycles. The molecule has 24 heavy (non-hydrogen) atoms. The van der Waals surface area contributed by atoms with Crippen LogP contribution in [0.4, 0.5) is 0 Å². The quantitative estimate of drug-likeness (QED) is 0.653. The van der Waals surface area contributed by atoms with Crippen LogP contribution in [0.5, 0.6) is 0 Å². The third kappa shape index (κ3) is 3.37. The SMILES string of the molecule is O=C(O)CCCCCc1c(C(=O)n2ccnc2)[nH]c2ccccc12. The van der Waals surface area contributed by atoms with Gasteiger partial charge in [-0.25, -0.2) is 4.98 Å². The summed E-state index contributed by atoms with van der Waals surface area (Å²) in [5.41, 5.74) is 2.49. The van der Waals surface area contributed by atoms with E-state index in [0.717, 1.165) is 35.7 Å². The minimum Gasteiger partial charge on any atom is -0.481 e. The van der Waals surface area contributed by atoms with Crippen molar-refractivity contribution in [2.75, 3.05) is 0 Å². The number of aromatic amines is 1. The molecule has 124 valence electrons. The Bertz CT molecular complexity index is 850. The molecule has 0 aliphatic carbocycles. The number of para-hydroxylation sites is 1. The fourth-order valence-corrected chi connectivity index (χ4v) is 2.91. The van der Waals surface area contributed by atoms with Gasteiger partial charge in [-0.2, -0.15) is 0 Å². The molecule has 2 aromatic heterocycles. The highest BCUT2D eigenvalue weighted by Crippen LogP contribution is 2.25. The average molecular weight is 325 g/mol. The van der Waals surface area contributed by atoms with Crippen molar-refractivity contribution >= 4 is 22.8 Å². The van der Waals surface area contributed by atoms with Crippen molar-refractivity contribution in [3.63, 3.8) is 0 Å². The van der Waals surface area contributed by atoms with Crippen LogP contribution in [0.15, 0.2) is 43.0 Å². The Morgan fingerprint density at radius 3 is 2.75 bits per heavy atom. The summed E-state index contributed by atoms with van der Waals surface area (Å²) in [5, 5.41) is 9.74. The smallest absolute Gasteiger partial charge is 0.303 e. The molecule has 0 unspecified atom stereocenters. The Hall–Kier alpha value is -2.89. The molecule has 0 amide bonds. The fourth-order valence-electron chi connectivity index (χ4n) is 2.91. The van der Waals surface area contributed by atoms with Gasteiger partial charge in [-0.05, 0) is 30.9 Å². The Morgan fingerprint density at radius 2 is 2.00 bits per heavy atom. The second-order valence-electron chi connectivity index (χ2n) is 5.75. The molecule has 3 aromatic rings. The van der Waals surface area contributed by atoms with Crippen LogP contribution in [0.25, 0.3) is 10.9 Å². The van der Waals surface area contributed by atoms with Gasteiger partial charge in [-0.1, -0.05) is 24.6 Å². The zero-order chi connectivity index (χ0) is 16.9. The molecular weight excluding hydrogens is 306 g/mol. The van der Waals surface area contributed by atoms with E-state index in [-0.39, 0.29) is 12.3 Å². The molecule has 6 nitrogen and oxygen atoms in total. The molecule has 6 heteroatoms. The predicted molar refractivity (Wildman–Crippen MR) is 90.1 cm³/mol. The van der Waals surface area contributed by atoms with Gasteiger partial charge in [0.25, 0.3) is 5.91 Å². The summed E-state index contributed by atoms with van der Waals surface area (Å²) in [4.78, 5) is 30.4. The molecule has 0 spiro atoms. The van der Waals surface area contributed by atoms with E-state index in [2.05, 4.69) is 9.97 Å². The maximum Gasteiger partial charge on any atom is 0.303 e. The lowest BCUT2D eigenvalue weighted by molar-refractivity contribution is -0.137. The summed E-state index contributed by atoms with van der Waals surface area (Å²) in [6, 6.07) is 7.84. The molecule has 0 radical (unpaired) electrons.